The Bertz CT molecular complexity index is 1100. The lowest BCUT2D eigenvalue weighted by Crippen LogP contribution is -2.37. The van der Waals surface area contributed by atoms with E-state index in [4.69, 9.17) is 14.2 Å². The van der Waals surface area contributed by atoms with Crippen LogP contribution in [0.25, 0.3) is 21.9 Å². The highest BCUT2D eigenvalue weighted by Gasteiger charge is 2.35. The van der Waals surface area contributed by atoms with E-state index >= 15 is 0 Å². The molecule has 6 nitrogen and oxygen atoms in total. The van der Waals surface area contributed by atoms with Gasteiger partial charge in [0.1, 0.15) is 12.8 Å². The summed E-state index contributed by atoms with van der Waals surface area (Å²) < 4.78 is 17.8. The number of carbonyl (C=O) groups is 1. The van der Waals surface area contributed by atoms with Crippen LogP contribution >= 0.6 is 0 Å². The molecule has 1 aliphatic heterocycles. The Morgan fingerprint density at radius 2 is 1.88 bits per heavy atom. The number of hydrogen-bond donors (Lipinski definition) is 0. The molecule has 25 heavy (non-hydrogen) atoms. The summed E-state index contributed by atoms with van der Waals surface area (Å²) >= 11 is 0. The number of aromatic nitrogens is 1. The molecule has 0 bridgehead atoms. The molecule has 0 radical (unpaired) electrons. The van der Waals surface area contributed by atoms with Crippen molar-refractivity contribution in [3.8, 4) is 34.1 Å². The molecule has 0 fully saturated rings. The van der Waals surface area contributed by atoms with Crippen LogP contribution in [0.3, 0.4) is 0 Å². The number of nitrogens with zero attached hydrogens (tertiary/aromatic N) is 1. The maximum atomic E-state index is 13.1. The molecule has 6 heteroatoms. The van der Waals surface area contributed by atoms with E-state index in [9.17, 15) is 9.90 Å². The minimum absolute atomic E-state index is 0.102. The van der Waals surface area contributed by atoms with Crippen LogP contribution in [0.4, 0.5) is 0 Å². The van der Waals surface area contributed by atoms with Gasteiger partial charge in [0, 0.05) is 11.6 Å². The van der Waals surface area contributed by atoms with Crippen LogP contribution in [0.5, 0.6) is 23.0 Å². The predicted octanol–water partition coefficient (Wildman–Crippen LogP) is 1.69. The third-order valence-corrected chi connectivity index (χ3v) is 4.81. The van der Waals surface area contributed by atoms with E-state index in [1.54, 1.807) is 36.0 Å². The summed E-state index contributed by atoms with van der Waals surface area (Å²) in [5.41, 5.74) is 1.94. The van der Waals surface area contributed by atoms with Gasteiger partial charge in [-0.2, -0.15) is 4.57 Å². The fourth-order valence-corrected chi connectivity index (χ4v) is 3.64. The monoisotopic (exact) mass is 335 g/mol. The van der Waals surface area contributed by atoms with Crippen molar-refractivity contribution in [1.82, 2.24) is 0 Å². The highest BCUT2D eigenvalue weighted by atomic mass is 16.7. The molecule has 0 saturated heterocycles. The van der Waals surface area contributed by atoms with Crippen LogP contribution in [0.2, 0.25) is 0 Å². The summed E-state index contributed by atoms with van der Waals surface area (Å²) in [7, 11) is 3.26. The van der Waals surface area contributed by atoms with Gasteiger partial charge in [0.15, 0.2) is 17.7 Å². The molecule has 1 aliphatic carbocycles. The Balaban J connectivity index is 2.00. The molecular formula is C19H13NO5. The quantitative estimate of drug-likeness (QED) is 0.495. The fourth-order valence-electron chi connectivity index (χ4n) is 3.64. The maximum Gasteiger partial charge on any atom is 0.261 e. The molecule has 1 aromatic heterocycles. The number of aryl methyl sites for hydroxylation is 1. The van der Waals surface area contributed by atoms with Gasteiger partial charge < -0.3 is 19.3 Å². The van der Waals surface area contributed by atoms with Crippen LogP contribution in [-0.4, -0.2) is 19.7 Å². The van der Waals surface area contributed by atoms with Crippen molar-refractivity contribution in [2.24, 2.45) is 7.05 Å². The van der Waals surface area contributed by atoms with Crippen molar-refractivity contribution in [3.05, 3.63) is 41.7 Å². The molecule has 2 aromatic carbocycles. The number of hydrogen-bond acceptors (Lipinski definition) is 5. The SMILES string of the molecule is COc1cc2cc[n+](C)c3c2c(c1[O-])-c1cc2c(cc1C3=O)OCO2. The van der Waals surface area contributed by atoms with Crippen LogP contribution in [-0.2, 0) is 7.05 Å². The Kier molecular flexibility index (Phi) is 2.61. The number of methoxy groups -OCH3 is 1. The highest BCUT2D eigenvalue weighted by Crippen LogP contribution is 2.49. The number of rotatable bonds is 1. The first-order valence-corrected chi connectivity index (χ1v) is 7.79. The molecule has 0 spiro atoms. The molecule has 0 atom stereocenters. The summed E-state index contributed by atoms with van der Waals surface area (Å²) in [6, 6.07) is 6.91. The van der Waals surface area contributed by atoms with Crippen LogP contribution in [0.15, 0.2) is 30.5 Å². The van der Waals surface area contributed by atoms with Gasteiger partial charge in [0.05, 0.1) is 12.5 Å². The van der Waals surface area contributed by atoms with E-state index < -0.39 is 0 Å². The maximum absolute atomic E-state index is 13.1. The van der Waals surface area contributed by atoms with Crippen molar-refractivity contribution in [1.29, 1.82) is 0 Å². The van der Waals surface area contributed by atoms with Gasteiger partial charge in [-0.3, -0.25) is 4.79 Å². The van der Waals surface area contributed by atoms with E-state index in [1.165, 1.54) is 7.11 Å². The lowest BCUT2D eigenvalue weighted by atomic mass is 9.84. The summed E-state index contributed by atoms with van der Waals surface area (Å²) in [6.45, 7) is 0.102. The van der Waals surface area contributed by atoms with E-state index in [1.807, 2.05) is 6.07 Å². The summed E-state index contributed by atoms with van der Waals surface area (Å²) in [6.07, 6.45) is 1.81. The van der Waals surface area contributed by atoms with Gasteiger partial charge in [-0.1, -0.05) is 5.75 Å². The van der Waals surface area contributed by atoms with Gasteiger partial charge >= 0.3 is 0 Å². The number of benzene rings is 2. The number of ether oxygens (including phenoxy) is 3. The van der Waals surface area contributed by atoms with E-state index in [2.05, 4.69) is 0 Å². The molecule has 124 valence electrons. The van der Waals surface area contributed by atoms with Gasteiger partial charge in [-0.05, 0) is 34.7 Å². The Labute approximate surface area is 142 Å². The Morgan fingerprint density at radius 1 is 1.16 bits per heavy atom. The molecule has 0 N–H and O–H groups in total. The minimum Gasteiger partial charge on any atom is -0.870 e. The van der Waals surface area contributed by atoms with Crippen molar-refractivity contribution in [2.45, 2.75) is 0 Å². The molecule has 3 aromatic rings. The predicted molar refractivity (Wildman–Crippen MR) is 86.1 cm³/mol. The molecule has 0 amide bonds. The lowest BCUT2D eigenvalue weighted by molar-refractivity contribution is -0.671. The van der Waals surface area contributed by atoms with Crippen molar-refractivity contribution < 1.29 is 28.7 Å². The molecule has 0 unspecified atom stereocenters. The first-order chi connectivity index (χ1) is 12.1. The van der Waals surface area contributed by atoms with Crippen LogP contribution < -0.4 is 23.9 Å². The smallest absolute Gasteiger partial charge is 0.261 e. The average molecular weight is 335 g/mol. The zero-order valence-corrected chi connectivity index (χ0v) is 13.6. The van der Waals surface area contributed by atoms with E-state index in [0.29, 0.717) is 39.3 Å². The number of carbonyl (C=O) groups excluding carboxylic acids is 1. The zero-order chi connectivity index (χ0) is 17.3. The first-order valence-electron chi connectivity index (χ1n) is 7.79. The van der Waals surface area contributed by atoms with Gasteiger partial charge in [0.2, 0.25) is 6.79 Å². The number of ketones is 1. The summed E-state index contributed by atoms with van der Waals surface area (Å²) in [4.78, 5) is 13.1. The minimum atomic E-state index is -0.241. The van der Waals surface area contributed by atoms with E-state index in [-0.39, 0.29) is 24.1 Å². The van der Waals surface area contributed by atoms with Gasteiger partial charge in [-0.15, -0.1) is 0 Å². The molecule has 2 heterocycles. The molecule has 5 rings (SSSR count). The summed E-state index contributed by atoms with van der Waals surface area (Å²) in [5.74, 6) is 0.917. The largest absolute Gasteiger partial charge is 0.870 e. The standard InChI is InChI=1S/C19H13NO5/c1-20-4-3-9-5-14(23-2)19(22)16-10-6-12-13(25-8-24-12)7-11(10)18(21)17(20)15(9)16/h3-7H,8H2,1-2H3. The van der Waals surface area contributed by atoms with Gasteiger partial charge in [-0.25, -0.2) is 0 Å². The van der Waals surface area contributed by atoms with Crippen LogP contribution in [0.1, 0.15) is 16.1 Å². The molecule has 2 aliphatic rings. The van der Waals surface area contributed by atoms with Gasteiger partial charge in [0.25, 0.3) is 11.5 Å². The average Bonchev–Trinajstić information content (AvgIpc) is 3.07. The Morgan fingerprint density at radius 3 is 2.60 bits per heavy atom. The second-order valence-corrected chi connectivity index (χ2v) is 6.10. The third-order valence-electron chi connectivity index (χ3n) is 4.81. The van der Waals surface area contributed by atoms with Crippen molar-refractivity contribution in [2.75, 3.05) is 13.9 Å². The first kappa shape index (κ1) is 14.1. The van der Waals surface area contributed by atoms with E-state index in [0.717, 1.165) is 5.39 Å². The lowest BCUT2D eigenvalue weighted by Gasteiger charge is -2.25. The topological polar surface area (TPSA) is 71.7 Å². The Hall–Kier alpha value is -3.28. The second-order valence-electron chi connectivity index (χ2n) is 6.10. The third kappa shape index (κ3) is 1.68. The molecular weight excluding hydrogens is 322 g/mol. The molecule has 0 saturated carbocycles. The summed E-state index contributed by atoms with van der Waals surface area (Å²) in [5, 5.41) is 14.4. The van der Waals surface area contributed by atoms with Crippen molar-refractivity contribution in [3.63, 3.8) is 0 Å². The highest BCUT2D eigenvalue weighted by molar-refractivity contribution is 6.25. The fraction of sp³-hybridized carbons (Fsp3) is 0.158. The zero-order valence-electron chi connectivity index (χ0n) is 13.6. The number of fused-ring (bicyclic) bond motifs is 3. The normalized spacial score (nSPS) is 13.9. The second kappa shape index (κ2) is 4.63. The van der Waals surface area contributed by atoms with Crippen LogP contribution in [0, 0.1) is 0 Å². The van der Waals surface area contributed by atoms with Crippen molar-refractivity contribution >= 4 is 16.6 Å². The number of pyridine rings is 1.